The first-order valence-corrected chi connectivity index (χ1v) is 7.46. The number of aromatic nitrogens is 1. The van der Waals surface area contributed by atoms with Gasteiger partial charge in [0.2, 0.25) is 0 Å². The molecule has 0 aliphatic rings. The number of hydrogen-bond acceptors (Lipinski definition) is 3. The van der Waals surface area contributed by atoms with Gasteiger partial charge in [0.15, 0.2) is 0 Å². The maximum Gasteiger partial charge on any atom is 0.145 e. The Bertz CT molecular complexity index is 573. The van der Waals surface area contributed by atoms with Crippen molar-refractivity contribution < 1.29 is 4.74 Å². The number of rotatable bonds is 4. The largest absolute Gasteiger partial charge is 0.456 e. The van der Waals surface area contributed by atoms with Gasteiger partial charge in [-0.3, -0.25) is 4.98 Å². The van der Waals surface area contributed by atoms with Crippen LogP contribution in [0.4, 0.5) is 0 Å². The molecule has 0 radical (unpaired) electrons. The van der Waals surface area contributed by atoms with Crippen LogP contribution in [-0.4, -0.2) is 4.98 Å². The van der Waals surface area contributed by atoms with Crippen molar-refractivity contribution in [1.82, 2.24) is 4.98 Å². The Labute approximate surface area is 128 Å². The quantitative estimate of drug-likeness (QED) is 0.884. The molecule has 106 valence electrons. The number of nitrogens with zero attached hydrogens (tertiary/aromatic N) is 1. The van der Waals surface area contributed by atoms with Crippen LogP contribution < -0.4 is 10.5 Å². The molecule has 4 heteroatoms. The molecule has 2 N–H and O–H groups in total. The topological polar surface area (TPSA) is 48.1 Å². The van der Waals surface area contributed by atoms with Gasteiger partial charge < -0.3 is 10.5 Å². The predicted octanol–water partition coefficient (Wildman–Crippen LogP) is 4.66. The lowest BCUT2D eigenvalue weighted by atomic mass is 10.1. The van der Waals surface area contributed by atoms with Crippen molar-refractivity contribution in [3.8, 4) is 11.5 Å². The van der Waals surface area contributed by atoms with Crippen LogP contribution >= 0.6 is 15.9 Å². The van der Waals surface area contributed by atoms with Crippen LogP contribution in [-0.2, 0) is 0 Å². The average molecular weight is 335 g/mol. The molecule has 0 saturated carbocycles. The van der Waals surface area contributed by atoms with Gasteiger partial charge in [0.05, 0.1) is 11.9 Å². The Hall–Kier alpha value is -1.39. The minimum atomic E-state index is -0.0128. The summed E-state index contributed by atoms with van der Waals surface area (Å²) in [5, 5.41) is 0. The molecule has 3 nitrogen and oxygen atoms in total. The van der Waals surface area contributed by atoms with Gasteiger partial charge in [-0.25, -0.2) is 0 Å². The van der Waals surface area contributed by atoms with E-state index in [0.29, 0.717) is 0 Å². The monoisotopic (exact) mass is 334 g/mol. The van der Waals surface area contributed by atoms with E-state index in [4.69, 9.17) is 10.5 Å². The van der Waals surface area contributed by atoms with E-state index in [0.717, 1.165) is 39.2 Å². The molecule has 0 aliphatic heterocycles. The standard InChI is InChI=1S/C16H19BrN2O/c1-4-14(18)15-6-5-12(9-19-15)20-13-7-10(2)16(17)11(3)8-13/h5-9,14H,4,18H2,1-3H3/t14-/m0/s1. The molecule has 20 heavy (non-hydrogen) atoms. The Balaban J connectivity index is 2.18. The lowest BCUT2D eigenvalue weighted by molar-refractivity contribution is 0.478. The molecule has 1 aromatic heterocycles. The Morgan fingerprint density at radius 1 is 1.20 bits per heavy atom. The summed E-state index contributed by atoms with van der Waals surface area (Å²) in [6.45, 7) is 6.14. The summed E-state index contributed by atoms with van der Waals surface area (Å²) in [7, 11) is 0. The second kappa shape index (κ2) is 6.37. The molecule has 1 heterocycles. The van der Waals surface area contributed by atoms with Gasteiger partial charge in [-0.1, -0.05) is 22.9 Å². The van der Waals surface area contributed by atoms with Crippen LogP contribution in [0.25, 0.3) is 0 Å². The van der Waals surface area contributed by atoms with E-state index in [-0.39, 0.29) is 6.04 Å². The van der Waals surface area contributed by atoms with Crippen LogP contribution in [0.1, 0.15) is 36.2 Å². The van der Waals surface area contributed by atoms with Crippen molar-refractivity contribution >= 4 is 15.9 Å². The zero-order valence-electron chi connectivity index (χ0n) is 12.0. The molecule has 0 bridgehead atoms. The molecular formula is C16H19BrN2O. The smallest absolute Gasteiger partial charge is 0.145 e. The second-order valence-electron chi connectivity index (χ2n) is 4.91. The molecule has 0 unspecified atom stereocenters. The Morgan fingerprint density at radius 3 is 2.35 bits per heavy atom. The highest BCUT2D eigenvalue weighted by Crippen LogP contribution is 2.29. The molecule has 0 spiro atoms. The fourth-order valence-electron chi connectivity index (χ4n) is 1.98. The zero-order chi connectivity index (χ0) is 14.7. The highest BCUT2D eigenvalue weighted by atomic mass is 79.9. The van der Waals surface area contributed by atoms with Gasteiger partial charge in [0.1, 0.15) is 11.5 Å². The summed E-state index contributed by atoms with van der Waals surface area (Å²) in [5.74, 6) is 1.54. The molecule has 0 saturated heterocycles. The third-order valence-electron chi connectivity index (χ3n) is 3.22. The molecule has 2 aromatic rings. The summed E-state index contributed by atoms with van der Waals surface area (Å²) in [5.41, 5.74) is 9.14. The molecule has 0 fully saturated rings. The first kappa shape index (κ1) is 15.0. The van der Waals surface area contributed by atoms with Crippen LogP contribution in [0.2, 0.25) is 0 Å². The van der Waals surface area contributed by atoms with E-state index in [1.807, 2.05) is 45.0 Å². The fraction of sp³-hybridized carbons (Fsp3) is 0.312. The lowest BCUT2D eigenvalue weighted by Gasteiger charge is -2.11. The van der Waals surface area contributed by atoms with Gasteiger partial charge in [0, 0.05) is 10.5 Å². The maximum atomic E-state index is 5.94. The normalized spacial score (nSPS) is 12.2. The van der Waals surface area contributed by atoms with E-state index >= 15 is 0 Å². The number of nitrogens with two attached hydrogens (primary N) is 1. The lowest BCUT2D eigenvalue weighted by Crippen LogP contribution is -2.10. The fourth-order valence-corrected chi connectivity index (χ4v) is 2.21. The molecule has 0 amide bonds. The van der Waals surface area contributed by atoms with E-state index in [1.165, 1.54) is 0 Å². The molecule has 1 atom stereocenters. The number of benzene rings is 1. The Kier molecular flexibility index (Phi) is 4.78. The van der Waals surface area contributed by atoms with Gasteiger partial charge in [-0.2, -0.15) is 0 Å². The predicted molar refractivity (Wildman–Crippen MR) is 85.1 cm³/mol. The number of aryl methyl sites for hydroxylation is 2. The van der Waals surface area contributed by atoms with Crippen LogP contribution in [0.5, 0.6) is 11.5 Å². The summed E-state index contributed by atoms with van der Waals surface area (Å²) in [6.07, 6.45) is 2.59. The second-order valence-corrected chi connectivity index (χ2v) is 5.70. The van der Waals surface area contributed by atoms with Gasteiger partial charge >= 0.3 is 0 Å². The van der Waals surface area contributed by atoms with E-state index in [1.54, 1.807) is 6.20 Å². The van der Waals surface area contributed by atoms with E-state index in [9.17, 15) is 0 Å². The van der Waals surface area contributed by atoms with Crippen molar-refractivity contribution in [3.05, 3.63) is 51.8 Å². The first-order valence-electron chi connectivity index (χ1n) is 6.67. The SMILES string of the molecule is CC[C@H](N)c1ccc(Oc2cc(C)c(Br)c(C)c2)cn1. The zero-order valence-corrected chi connectivity index (χ0v) is 13.6. The molecule has 0 aliphatic carbocycles. The minimum Gasteiger partial charge on any atom is -0.456 e. The van der Waals surface area contributed by atoms with Gasteiger partial charge in [-0.15, -0.1) is 0 Å². The number of ether oxygens (including phenoxy) is 1. The summed E-state index contributed by atoms with van der Waals surface area (Å²) in [6, 6.07) is 7.82. The highest BCUT2D eigenvalue weighted by Gasteiger charge is 2.07. The van der Waals surface area contributed by atoms with E-state index < -0.39 is 0 Å². The Morgan fingerprint density at radius 2 is 1.85 bits per heavy atom. The number of halogens is 1. The van der Waals surface area contributed by atoms with Crippen LogP contribution in [0.3, 0.4) is 0 Å². The van der Waals surface area contributed by atoms with Crippen molar-refractivity contribution in [2.24, 2.45) is 5.73 Å². The maximum absolute atomic E-state index is 5.94. The summed E-state index contributed by atoms with van der Waals surface area (Å²) < 4.78 is 6.96. The number of hydrogen-bond donors (Lipinski definition) is 1. The number of pyridine rings is 1. The highest BCUT2D eigenvalue weighted by molar-refractivity contribution is 9.10. The van der Waals surface area contributed by atoms with Crippen molar-refractivity contribution in [1.29, 1.82) is 0 Å². The first-order chi connectivity index (χ1) is 9.51. The average Bonchev–Trinajstić information content (AvgIpc) is 2.44. The van der Waals surface area contributed by atoms with Crippen LogP contribution in [0.15, 0.2) is 34.9 Å². The third kappa shape index (κ3) is 3.38. The third-order valence-corrected chi connectivity index (χ3v) is 4.48. The molecule has 2 rings (SSSR count). The van der Waals surface area contributed by atoms with Gasteiger partial charge in [0.25, 0.3) is 0 Å². The van der Waals surface area contributed by atoms with Crippen LogP contribution in [0, 0.1) is 13.8 Å². The summed E-state index contributed by atoms with van der Waals surface area (Å²) >= 11 is 3.55. The minimum absolute atomic E-state index is 0.0128. The van der Waals surface area contributed by atoms with Gasteiger partial charge in [-0.05, 0) is 55.7 Å². The van der Waals surface area contributed by atoms with Crippen molar-refractivity contribution in [2.75, 3.05) is 0 Å². The van der Waals surface area contributed by atoms with E-state index in [2.05, 4.69) is 20.9 Å². The molecular weight excluding hydrogens is 316 g/mol. The molecule has 1 aromatic carbocycles. The van der Waals surface area contributed by atoms with Crippen molar-refractivity contribution in [2.45, 2.75) is 33.2 Å². The van der Waals surface area contributed by atoms with Crippen molar-refractivity contribution in [3.63, 3.8) is 0 Å². The summed E-state index contributed by atoms with van der Waals surface area (Å²) in [4.78, 5) is 4.35.